The van der Waals surface area contributed by atoms with Gasteiger partial charge in [-0.1, -0.05) is 55.1 Å². The largest absolute Gasteiger partial charge is 0.461 e. The van der Waals surface area contributed by atoms with Gasteiger partial charge >= 0.3 is 5.97 Å². The van der Waals surface area contributed by atoms with Crippen molar-refractivity contribution in [1.82, 2.24) is 0 Å². The zero-order chi connectivity index (χ0) is 14.1. The molecule has 0 spiro atoms. The second-order valence-electron chi connectivity index (χ2n) is 4.93. The van der Waals surface area contributed by atoms with Crippen molar-refractivity contribution in [3.05, 3.63) is 78.7 Å². The Balaban J connectivity index is 1.95. The van der Waals surface area contributed by atoms with Crippen molar-refractivity contribution in [1.29, 1.82) is 0 Å². The summed E-state index contributed by atoms with van der Waals surface area (Å²) < 4.78 is 5.30. The van der Waals surface area contributed by atoms with Gasteiger partial charge in [0.15, 0.2) is 0 Å². The van der Waals surface area contributed by atoms with E-state index in [0.29, 0.717) is 6.61 Å². The summed E-state index contributed by atoms with van der Waals surface area (Å²) in [5, 5.41) is 0. The van der Waals surface area contributed by atoms with Crippen LogP contribution in [0.5, 0.6) is 0 Å². The standard InChI is InChI=1S/C18H15O2/c1-12(2)18(19)20-11-17-15-9-5-3-7-13(15)14-8-4-6-10-16(14)17/h3-10,17H,1-2,11H2. The first-order valence-corrected chi connectivity index (χ1v) is 6.54. The highest BCUT2D eigenvalue weighted by Gasteiger charge is 2.28. The molecule has 2 aromatic carbocycles. The molecule has 0 atom stereocenters. The molecule has 0 amide bonds. The number of rotatable bonds is 3. The molecule has 0 aromatic heterocycles. The lowest BCUT2D eigenvalue weighted by Crippen LogP contribution is -2.12. The maximum Gasteiger partial charge on any atom is 0.333 e. The number of hydrogen-bond donors (Lipinski definition) is 0. The third-order valence-electron chi connectivity index (χ3n) is 3.63. The first kappa shape index (κ1) is 12.7. The molecule has 0 fully saturated rings. The van der Waals surface area contributed by atoms with E-state index in [1.807, 2.05) is 24.3 Å². The molecule has 1 aliphatic carbocycles. The summed E-state index contributed by atoms with van der Waals surface area (Å²) in [5.74, 6) is -0.349. The summed E-state index contributed by atoms with van der Waals surface area (Å²) in [5.41, 5.74) is 5.03. The lowest BCUT2D eigenvalue weighted by Gasteiger charge is -2.14. The van der Waals surface area contributed by atoms with E-state index in [9.17, 15) is 4.79 Å². The van der Waals surface area contributed by atoms with Crippen LogP contribution in [0.15, 0.2) is 60.7 Å². The van der Waals surface area contributed by atoms with E-state index < -0.39 is 5.97 Å². The number of carbonyl (C=O) groups excluding carboxylic acids is 1. The summed E-state index contributed by atoms with van der Waals surface area (Å²) in [6, 6.07) is 16.5. The molecule has 0 saturated carbocycles. The fourth-order valence-electron chi connectivity index (χ4n) is 2.70. The third kappa shape index (κ3) is 2.03. The second kappa shape index (κ2) is 4.97. The first-order chi connectivity index (χ1) is 9.68. The summed E-state index contributed by atoms with van der Waals surface area (Å²) in [6.45, 7) is 7.33. The number of fused-ring (bicyclic) bond motifs is 3. The van der Waals surface area contributed by atoms with Crippen molar-refractivity contribution in [2.75, 3.05) is 6.61 Å². The maximum atomic E-state index is 11.5. The summed E-state index contributed by atoms with van der Waals surface area (Å²) >= 11 is 0. The third-order valence-corrected chi connectivity index (χ3v) is 3.63. The van der Waals surface area contributed by atoms with Gasteiger partial charge in [0.1, 0.15) is 6.61 Å². The fourth-order valence-corrected chi connectivity index (χ4v) is 2.70. The van der Waals surface area contributed by atoms with Gasteiger partial charge in [0, 0.05) is 11.5 Å². The molecule has 1 radical (unpaired) electrons. The van der Waals surface area contributed by atoms with Crippen LogP contribution in [0.1, 0.15) is 17.0 Å². The van der Waals surface area contributed by atoms with Gasteiger partial charge in [-0.3, -0.25) is 0 Å². The molecule has 0 N–H and O–H groups in total. The highest BCUT2D eigenvalue weighted by Crippen LogP contribution is 2.44. The number of ether oxygens (including phenoxy) is 1. The van der Waals surface area contributed by atoms with E-state index in [-0.39, 0.29) is 11.5 Å². The van der Waals surface area contributed by atoms with Crippen molar-refractivity contribution < 1.29 is 9.53 Å². The molecule has 2 heteroatoms. The molecular formula is C18H15O2. The zero-order valence-electron chi connectivity index (χ0n) is 11.1. The topological polar surface area (TPSA) is 26.3 Å². The molecule has 0 bridgehead atoms. The highest BCUT2D eigenvalue weighted by molar-refractivity contribution is 5.89. The van der Waals surface area contributed by atoms with E-state index in [2.05, 4.69) is 37.8 Å². The quantitative estimate of drug-likeness (QED) is 0.623. The Morgan fingerprint density at radius 2 is 1.50 bits per heavy atom. The molecule has 0 saturated heterocycles. The van der Waals surface area contributed by atoms with Gasteiger partial charge in [0.05, 0.1) is 0 Å². The van der Waals surface area contributed by atoms with Crippen LogP contribution in [0, 0.1) is 6.92 Å². The monoisotopic (exact) mass is 263 g/mol. The Kier molecular flexibility index (Phi) is 3.15. The van der Waals surface area contributed by atoms with E-state index in [0.717, 1.165) is 0 Å². The number of carbonyl (C=O) groups is 1. The molecule has 0 unspecified atom stereocenters. The van der Waals surface area contributed by atoms with Gasteiger partial charge in [-0.25, -0.2) is 4.79 Å². The molecule has 2 aromatic rings. The zero-order valence-corrected chi connectivity index (χ0v) is 11.1. The van der Waals surface area contributed by atoms with Crippen LogP contribution in [-0.2, 0) is 9.53 Å². The number of esters is 1. The van der Waals surface area contributed by atoms with Crippen molar-refractivity contribution in [3.8, 4) is 11.1 Å². The smallest absolute Gasteiger partial charge is 0.333 e. The van der Waals surface area contributed by atoms with Crippen LogP contribution >= 0.6 is 0 Å². The molecule has 2 nitrogen and oxygen atoms in total. The van der Waals surface area contributed by atoms with E-state index >= 15 is 0 Å². The Bertz CT molecular complexity index is 640. The van der Waals surface area contributed by atoms with E-state index in [4.69, 9.17) is 4.74 Å². The van der Waals surface area contributed by atoms with Crippen molar-refractivity contribution >= 4 is 5.97 Å². The normalized spacial score (nSPS) is 12.7. The Morgan fingerprint density at radius 1 is 1.00 bits per heavy atom. The Hall–Kier alpha value is -2.35. The van der Waals surface area contributed by atoms with Gasteiger partial charge in [0.25, 0.3) is 0 Å². The average molecular weight is 263 g/mol. The second-order valence-corrected chi connectivity index (χ2v) is 4.93. The molecule has 1 aliphatic rings. The minimum Gasteiger partial charge on any atom is -0.461 e. The van der Waals surface area contributed by atoms with Crippen LogP contribution in [0.4, 0.5) is 0 Å². The van der Waals surface area contributed by atoms with Crippen LogP contribution in [0.25, 0.3) is 11.1 Å². The van der Waals surface area contributed by atoms with Gasteiger partial charge in [-0.2, -0.15) is 0 Å². The van der Waals surface area contributed by atoms with Gasteiger partial charge in [-0.05, 0) is 29.2 Å². The minimum atomic E-state index is -0.438. The predicted octanol–water partition coefficient (Wildman–Crippen LogP) is 3.73. The van der Waals surface area contributed by atoms with Crippen LogP contribution < -0.4 is 0 Å². The van der Waals surface area contributed by atoms with E-state index in [1.165, 1.54) is 22.3 Å². The lowest BCUT2D eigenvalue weighted by atomic mass is 9.98. The van der Waals surface area contributed by atoms with Crippen LogP contribution in [0.3, 0.4) is 0 Å². The molecule has 20 heavy (non-hydrogen) atoms. The minimum absolute atomic E-state index is 0.0886. The SMILES string of the molecule is [CH2]C(=C)C(=O)OCC1c2ccccc2-c2ccccc21. The Morgan fingerprint density at radius 3 is 2.00 bits per heavy atom. The molecule has 0 heterocycles. The molecule has 3 rings (SSSR count). The van der Waals surface area contributed by atoms with Crippen molar-refractivity contribution in [2.45, 2.75) is 5.92 Å². The van der Waals surface area contributed by atoms with Crippen molar-refractivity contribution in [3.63, 3.8) is 0 Å². The lowest BCUT2D eigenvalue weighted by molar-refractivity contribution is -0.138. The molecular weight excluding hydrogens is 248 g/mol. The summed E-state index contributed by atoms with van der Waals surface area (Å²) in [4.78, 5) is 11.5. The average Bonchev–Trinajstić information content (AvgIpc) is 2.79. The molecule has 99 valence electrons. The number of benzene rings is 2. The van der Waals surface area contributed by atoms with E-state index in [1.54, 1.807) is 0 Å². The van der Waals surface area contributed by atoms with Gasteiger partial charge in [0.2, 0.25) is 0 Å². The fraction of sp³-hybridized carbons (Fsp3) is 0.111. The van der Waals surface area contributed by atoms with Gasteiger partial charge in [-0.15, -0.1) is 0 Å². The maximum absolute atomic E-state index is 11.5. The summed E-state index contributed by atoms with van der Waals surface area (Å²) in [7, 11) is 0. The summed E-state index contributed by atoms with van der Waals surface area (Å²) in [6.07, 6.45) is 0. The number of hydrogen-bond acceptors (Lipinski definition) is 2. The van der Waals surface area contributed by atoms with Crippen LogP contribution in [-0.4, -0.2) is 12.6 Å². The first-order valence-electron chi connectivity index (χ1n) is 6.54. The van der Waals surface area contributed by atoms with Crippen LogP contribution in [0.2, 0.25) is 0 Å². The predicted molar refractivity (Wildman–Crippen MR) is 79.2 cm³/mol. The molecule has 0 aliphatic heterocycles. The highest BCUT2D eigenvalue weighted by atomic mass is 16.5. The Labute approximate surface area is 118 Å². The van der Waals surface area contributed by atoms with Crippen molar-refractivity contribution in [2.24, 2.45) is 0 Å². The van der Waals surface area contributed by atoms with Gasteiger partial charge < -0.3 is 4.74 Å².